The monoisotopic (exact) mass is 427 g/mol. The third kappa shape index (κ3) is 10.1. The van der Waals surface area contributed by atoms with Crippen molar-refractivity contribution < 1.29 is 14.3 Å². The van der Waals surface area contributed by atoms with Crippen molar-refractivity contribution in [3.05, 3.63) is 59.7 Å². The fourth-order valence-corrected chi connectivity index (χ4v) is 2.83. The molecular formula is C23H33N5O3. The third-order valence-electron chi connectivity index (χ3n) is 4.65. The number of ether oxygens (including phenoxy) is 1. The van der Waals surface area contributed by atoms with Gasteiger partial charge < -0.3 is 10.1 Å². The maximum Gasteiger partial charge on any atom is 0.271 e. The second-order valence-corrected chi connectivity index (χ2v) is 7.23. The van der Waals surface area contributed by atoms with Crippen LogP contribution < -0.4 is 16.2 Å². The van der Waals surface area contributed by atoms with Crippen molar-refractivity contribution in [1.29, 1.82) is 0 Å². The highest BCUT2D eigenvalue weighted by molar-refractivity contribution is 5.94. The smallest absolute Gasteiger partial charge is 0.271 e. The average Bonchev–Trinajstić information content (AvgIpc) is 2.81. The van der Waals surface area contributed by atoms with E-state index in [2.05, 4.69) is 33.1 Å². The lowest BCUT2D eigenvalue weighted by Crippen LogP contribution is -2.37. The van der Waals surface area contributed by atoms with E-state index in [1.165, 1.54) is 31.4 Å². The number of rotatable bonds is 15. The molecule has 0 aliphatic rings. The van der Waals surface area contributed by atoms with Crippen LogP contribution in [0.4, 0.5) is 0 Å². The number of carbonyl (C=O) groups excluding carboxylic acids is 2. The van der Waals surface area contributed by atoms with Crippen LogP contribution in [0.2, 0.25) is 0 Å². The van der Waals surface area contributed by atoms with Crippen molar-refractivity contribution in [3.8, 4) is 0 Å². The Morgan fingerprint density at radius 1 is 0.935 bits per heavy atom. The average molecular weight is 428 g/mol. The number of benzene rings is 1. The number of nitrogens with one attached hydrogen (secondary N) is 3. The lowest BCUT2D eigenvalue weighted by Gasteiger charge is -2.09. The molecule has 1 aromatic carbocycles. The Morgan fingerprint density at radius 2 is 1.71 bits per heavy atom. The molecule has 8 nitrogen and oxygen atoms in total. The topological polar surface area (TPSA) is 105 Å². The second-order valence-electron chi connectivity index (χ2n) is 7.23. The number of hydrogen-bond acceptors (Lipinski definition) is 6. The van der Waals surface area contributed by atoms with Gasteiger partial charge in [0.25, 0.3) is 11.8 Å². The van der Waals surface area contributed by atoms with E-state index in [1.54, 1.807) is 12.1 Å². The summed E-state index contributed by atoms with van der Waals surface area (Å²) < 4.78 is 5.58. The lowest BCUT2D eigenvalue weighted by molar-refractivity contribution is 0.0927. The van der Waals surface area contributed by atoms with E-state index in [0.29, 0.717) is 18.7 Å². The van der Waals surface area contributed by atoms with Gasteiger partial charge in [-0.3, -0.25) is 20.0 Å². The molecule has 31 heavy (non-hydrogen) atoms. The van der Waals surface area contributed by atoms with Gasteiger partial charge in [-0.15, -0.1) is 0 Å². The molecule has 1 aromatic heterocycles. The highest BCUT2D eigenvalue weighted by atomic mass is 16.5. The first-order valence-corrected chi connectivity index (χ1v) is 10.9. The Hall–Kier alpha value is -2.84. The fraction of sp³-hybridized carbons (Fsp3) is 0.478. The summed E-state index contributed by atoms with van der Waals surface area (Å²) in [5, 5.41) is 2.78. The summed E-state index contributed by atoms with van der Waals surface area (Å²) in [6.45, 7) is 4.91. The summed E-state index contributed by atoms with van der Waals surface area (Å²) >= 11 is 0. The second kappa shape index (κ2) is 15.0. The zero-order valence-electron chi connectivity index (χ0n) is 18.2. The van der Waals surface area contributed by atoms with Crippen LogP contribution in [0.3, 0.4) is 0 Å². The molecule has 3 N–H and O–H groups in total. The Balaban J connectivity index is 1.56. The van der Waals surface area contributed by atoms with E-state index < -0.39 is 0 Å². The Labute approximate surface area is 184 Å². The molecule has 0 aliphatic heterocycles. The van der Waals surface area contributed by atoms with E-state index in [4.69, 9.17) is 4.74 Å². The lowest BCUT2D eigenvalue weighted by atomic mass is 10.1. The van der Waals surface area contributed by atoms with Crippen LogP contribution in [0.25, 0.3) is 0 Å². The van der Waals surface area contributed by atoms with Gasteiger partial charge in [-0.1, -0.05) is 31.9 Å². The van der Waals surface area contributed by atoms with Gasteiger partial charge in [-0.25, -0.2) is 10.4 Å². The predicted octanol–water partition coefficient (Wildman–Crippen LogP) is 3.02. The summed E-state index contributed by atoms with van der Waals surface area (Å²) in [6.07, 6.45) is 11.1. The van der Waals surface area contributed by atoms with Crippen molar-refractivity contribution in [3.63, 3.8) is 0 Å². The summed E-state index contributed by atoms with van der Waals surface area (Å²) in [5.74, 6) is -0.475. The summed E-state index contributed by atoms with van der Waals surface area (Å²) in [4.78, 5) is 32.0. The Morgan fingerprint density at radius 3 is 2.42 bits per heavy atom. The number of hydrazine groups is 1. The van der Waals surface area contributed by atoms with E-state index in [-0.39, 0.29) is 17.5 Å². The standard InChI is InChI=1S/C23H33N5O3/c1-2-3-6-15-31-16-7-4-5-12-27-28-22(29)20-10-8-19(9-11-20)17-26-23(30)21-18-24-13-14-25-21/h8-11,13-14,18,27H,2-7,12,15-17H2,1H3,(H,26,30)(H,28,29). The van der Waals surface area contributed by atoms with Gasteiger partial charge in [0.15, 0.2) is 0 Å². The van der Waals surface area contributed by atoms with Crippen molar-refractivity contribution >= 4 is 11.8 Å². The fourth-order valence-electron chi connectivity index (χ4n) is 2.83. The SMILES string of the molecule is CCCCCOCCCCCNNC(=O)c1ccc(CNC(=O)c2cnccn2)cc1. The molecule has 2 amide bonds. The van der Waals surface area contributed by atoms with Gasteiger partial charge in [0, 0.05) is 44.3 Å². The van der Waals surface area contributed by atoms with E-state index in [9.17, 15) is 9.59 Å². The van der Waals surface area contributed by atoms with Gasteiger partial charge >= 0.3 is 0 Å². The Kier molecular flexibility index (Phi) is 11.8. The first-order chi connectivity index (χ1) is 15.2. The van der Waals surface area contributed by atoms with Gasteiger partial charge in [0.05, 0.1) is 6.20 Å². The van der Waals surface area contributed by atoms with E-state index in [0.717, 1.165) is 44.5 Å². The van der Waals surface area contributed by atoms with Gasteiger partial charge in [0.1, 0.15) is 5.69 Å². The van der Waals surface area contributed by atoms with Crippen LogP contribution >= 0.6 is 0 Å². The molecule has 2 aromatic rings. The van der Waals surface area contributed by atoms with Crippen LogP contribution in [-0.4, -0.2) is 41.5 Å². The molecule has 0 bridgehead atoms. The van der Waals surface area contributed by atoms with Gasteiger partial charge in [0.2, 0.25) is 0 Å². The number of nitrogens with zero attached hydrogens (tertiary/aromatic N) is 2. The Bertz CT molecular complexity index is 769. The van der Waals surface area contributed by atoms with Crippen LogP contribution in [-0.2, 0) is 11.3 Å². The van der Waals surface area contributed by atoms with E-state index >= 15 is 0 Å². The molecule has 0 spiro atoms. The zero-order chi connectivity index (χ0) is 22.2. The summed E-state index contributed by atoms with van der Waals surface area (Å²) in [7, 11) is 0. The third-order valence-corrected chi connectivity index (χ3v) is 4.65. The largest absolute Gasteiger partial charge is 0.381 e. The van der Waals surface area contributed by atoms with Crippen molar-refractivity contribution in [2.45, 2.75) is 52.0 Å². The molecule has 0 saturated carbocycles. The summed E-state index contributed by atoms with van der Waals surface area (Å²) in [5.41, 5.74) is 7.38. The first-order valence-electron chi connectivity index (χ1n) is 10.9. The van der Waals surface area contributed by atoms with Crippen molar-refractivity contribution in [2.75, 3.05) is 19.8 Å². The molecule has 0 atom stereocenters. The number of aromatic nitrogens is 2. The van der Waals surface area contributed by atoms with E-state index in [1.807, 2.05) is 12.1 Å². The molecule has 8 heteroatoms. The maximum atomic E-state index is 12.2. The van der Waals surface area contributed by atoms with Gasteiger partial charge in [-0.05, 0) is 43.4 Å². The molecule has 2 rings (SSSR count). The maximum absolute atomic E-state index is 12.2. The molecule has 0 unspecified atom stereocenters. The molecule has 0 aliphatic carbocycles. The minimum absolute atomic E-state index is 0.186. The summed E-state index contributed by atoms with van der Waals surface area (Å²) in [6, 6.07) is 7.09. The number of hydrogen-bond donors (Lipinski definition) is 3. The predicted molar refractivity (Wildman–Crippen MR) is 119 cm³/mol. The number of amides is 2. The minimum Gasteiger partial charge on any atom is -0.381 e. The first kappa shape index (κ1) is 24.4. The van der Waals surface area contributed by atoms with Gasteiger partial charge in [-0.2, -0.15) is 0 Å². The van der Waals surface area contributed by atoms with Crippen molar-refractivity contribution in [2.24, 2.45) is 0 Å². The number of unbranched alkanes of at least 4 members (excludes halogenated alkanes) is 4. The highest BCUT2D eigenvalue weighted by Crippen LogP contribution is 2.05. The van der Waals surface area contributed by atoms with Crippen LogP contribution in [0.15, 0.2) is 42.9 Å². The molecule has 0 fully saturated rings. The molecular weight excluding hydrogens is 394 g/mol. The molecule has 0 radical (unpaired) electrons. The van der Waals surface area contributed by atoms with Crippen LogP contribution in [0.1, 0.15) is 71.9 Å². The zero-order valence-corrected chi connectivity index (χ0v) is 18.2. The minimum atomic E-state index is -0.290. The molecule has 168 valence electrons. The quantitative estimate of drug-likeness (QED) is 0.298. The number of carbonyl (C=O) groups is 2. The highest BCUT2D eigenvalue weighted by Gasteiger charge is 2.08. The molecule has 0 saturated heterocycles. The van der Waals surface area contributed by atoms with Crippen LogP contribution in [0.5, 0.6) is 0 Å². The normalized spacial score (nSPS) is 10.6. The van der Waals surface area contributed by atoms with Crippen molar-refractivity contribution in [1.82, 2.24) is 26.1 Å². The van der Waals surface area contributed by atoms with Crippen LogP contribution in [0, 0.1) is 0 Å². The molecule has 1 heterocycles.